The molecule has 10 nitrogen and oxygen atoms in total. The van der Waals surface area contributed by atoms with E-state index in [0.717, 1.165) is 24.7 Å². The molecule has 0 atom stereocenters. The predicted octanol–water partition coefficient (Wildman–Crippen LogP) is 0.737. The second kappa shape index (κ2) is 7.88. The Kier molecular flexibility index (Phi) is 5.45. The average Bonchev–Trinajstić information content (AvgIpc) is 3.07. The summed E-state index contributed by atoms with van der Waals surface area (Å²) in [5, 5.41) is 3.78. The molecule has 0 spiro atoms. The van der Waals surface area contributed by atoms with Crippen molar-refractivity contribution in [3.8, 4) is 0 Å². The molecule has 2 aliphatic rings. The van der Waals surface area contributed by atoms with Gasteiger partial charge < -0.3 is 19.1 Å². The molecule has 0 N–H and O–H groups in total. The summed E-state index contributed by atoms with van der Waals surface area (Å²) < 4.78 is 38.0. The normalized spacial score (nSPS) is 19.0. The molecule has 0 aromatic carbocycles. The van der Waals surface area contributed by atoms with Gasteiger partial charge in [0.25, 0.3) is 0 Å². The first-order valence-electron chi connectivity index (χ1n) is 9.72. The summed E-state index contributed by atoms with van der Waals surface area (Å²) in [7, 11) is -3.62. The van der Waals surface area contributed by atoms with Crippen LogP contribution < -0.4 is 9.80 Å². The molecule has 2 aliphatic heterocycles. The minimum Gasteiger partial charge on any atom is -0.378 e. The van der Waals surface area contributed by atoms with Crippen LogP contribution in [0.15, 0.2) is 15.5 Å². The predicted molar refractivity (Wildman–Crippen MR) is 107 cm³/mol. The third-order valence-electron chi connectivity index (χ3n) is 5.27. The first-order chi connectivity index (χ1) is 13.9. The number of morpholine rings is 1. The lowest BCUT2D eigenvalue weighted by molar-refractivity contribution is 0.122. The van der Waals surface area contributed by atoms with Crippen LogP contribution in [-0.4, -0.2) is 80.3 Å². The fourth-order valence-corrected chi connectivity index (χ4v) is 5.50. The molecule has 0 unspecified atom stereocenters. The summed E-state index contributed by atoms with van der Waals surface area (Å²) in [4.78, 5) is 13.6. The molecule has 4 rings (SSSR count). The number of nitrogens with zero attached hydrogens (tertiary/aromatic N) is 6. The van der Waals surface area contributed by atoms with Gasteiger partial charge in [0.1, 0.15) is 28.0 Å². The molecule has 29 heavy (non-hydrogen) atoms. The molecule has 0 aliphatic carbocycles. The van der Waals surface area contributed by atoms with Crippen LogP contribution in [0.1, 0.15) is 17.3 Å². The molecule has 2 saturated heterocycles. The number of aromatic nitrogens is 3. The molecule has 4 heterocycles. The lowest BCUT2D eigenvalue weighted by Gasteiger charge is -2.35. The number of hydrogen-bond acceptors (Lipinski definition) is 9. The van der Waals surface area contributed by atoms with E-state index < -0.39 is 10.0 Å². The number of ether oxygens (including phenoxy) is 1. The van der Waals surface area contributed by atoms with Crippen LogP contribution in [0.3, 0.4) is 0 Å². The van der Waals surface area contributed by atoms with E-state index in [0.29, 0.717) is 56.7 Å². The minimum absolute atomic E-state index is 0.179. The van der Waals surface area contributed by atoms with E-state index in [-0.39, 0.29) is 4.90 Å². The Morgan fingerprint density at radius 3 is 2.03 bits per heavy atom. The van der Waals surface area contributed by atoms with Gasteiger partial charge in [-0.3, -0.25) is 0 Å². The van der Waals surface area contributed by atoms with Crippen molar-refractivity contribution in [2.45, 2.75) is 25.7 Å². The lowest BCUT2D eigenvalue weighted by Crippen LogP contribution is -2.49. The highest BCUT2D eigenvalue weighted by Crippen LogP contribution is 2.26. The molecule has 158 valence electrons. The molecular formula is C18H26N6O4S. The van der Waals surface area contributed by atoms with Gasteiger partial charge in [0.15, 0.2) is 5.76 Å². The van der Waals surface area contributed by atoms with Crippen molar-refractivity contribution < 1.29 is 17.7 Å². The van der Waals surface area contributed by atoms with E-state index in [1.165, 1.54) is 4.31 Å². The van der Waals surface area contributed by atoms with Gasteiger partial charge in [-0.25, -0.2) is 18.4 Å². The molecule has 2 aromatic rings. The second-order valence-electron chi connectivity index (χ2n) is 7.28. The lowest BCUT2D eigenvalue weighted by atomic mass is 10.3. The molecule has 0 bridgehead atoms. The molecular weight excluding hydrogens is 396 g/mol. The van der Waals surface area contributed by atoms with E-state index in [4.69, 9.17) is 9.26 Å². The Balaban J connectivity index is 1.49. The topological polar surface area (TPSA) is 105 Å². The van der Waals surface area contributed by atoms with Crippen LogP contribution >= 0.6 is 0 Å². The zero-order valence-electron chi connectivity index (χ0n) is 17.0. The maximum absolute atomic E-state index is 13.0. The third-order valence-corrected chi connectivity index (χ3v) is 7.42. The summed E-state index contributed by atoms with van der Waals surface area (Å²) >= 11 is 0. The van der Waals surface area contributed by atoms with Crippen molar-refractivity contribution >= 4 is 21.7 Å². The minimum atomic E-state index is -3.62. The van der Waals surface area contributed by atoms with Gasteiger partial charge in [-0.15, -0.1) is 0 Å². The molecule has 2 fully saturated rings. The molecule has 0 amide bonds. The number of hydrogen-bond donors (Lipinski definition) is 0. The highest BCUT2D eigenvalue weighted by Gasteiger charge is 2.33. The summed E-state index contributed by atoms with van der Waals surface area (Å²) in [6, 6.07) is 1.98. The smallest absolute Gasteiger partial charge is 0.248 e. The number of sulfonamides is 1. The van der Waals surface area contributed by atoms with Crippen molar-refractivity contribution in [2.75, 3.05) is 62.3 Å². The number of anilines is 2. The van der Waals surface area contributed by atoms with E-state index >= 15 is 0 Å². The quantitative estimate of drug-likeness (QED) is 0.705. The monoisotopic (exact) mass is 422 g/mol. The molecule has 0 radical (unpaired) electrons. The van der Waals surface area contributed by atoms with Gasteiger partial charge >= 0.3 is 0 Å². The number of rotatable bonds is 4. The van der Waals surface area contributed by atoms with E-state index in [1.54, 1.807) is 13.8 Å². The average molecular weight is 423 g/mol. The van der Waals surface area contributed by atoms with E-state index in [9.17, 15) is 8.42 Å². The van der Waals surface area contributed by atoms with Crippen LogP contribution in [0.2, 0.25) is 0 Å². The van der Waals surface area contributed by atoms with Crippen molar-refractivity contribution in [3.05, 3.63) is 23.3 Å². The molecule has 0 saturated carbocycles. The zero-order valence-corrected chi connectivity index (χ0v) is 17.8. The number of aryl methyl sites for hydroxylation is 3. The first kappa shape index (κ1) is 20.0. The SMILES string of the molecule is Cc1nc(N2CCOCC2)cc(N2CCN(S(=O)(=O)c3c(C)noc3C)CC2)n1. The second-order valence-corrected chi connectivity index (χ2v) is 9.15. The summed E-state index contributed by atoms with van der Waals surface area (Å²) in [5.41, 5.74) is 0.395. The first-order valence-corrected chi connectivity index (χ1v) is 11.2. The Morgan fingerprint density at radius 2 is 1.48 bits per heavy atom. The van der Waals surface area contributed by atoms with Gasteiger partial charge in [-0.1, -0.05) is 5.16 Å². The van der Waals surface area contributed by atoms with Crippen LogP contribution in [-0.2, 0) is 14.8 Å². The molecule has 2 aromatic heterocycles. The maximum atomic E-state index is 13.0. The van der Waals surface area contributed by atoms with Crippen molar-refractivity contribution in [3.63, 3.8) is 0 Å². The highest BCUT2D eigenvalue weighted by atomic mass is 32.2. The zero-order chi connectivity index (χ0) is 20.6. The van der Waals surface area contributed by atoms with Gasteiger partial charge in [0, 0.05) is 45.3 Å². The van der Waals surface area contributed by atoms with Gasteiger partial charge in [0.2, 0.25) is 10.0 Å². The van der Waals surface area contributed by atoms with Crippen molar-refractivity contribution in [1.82, 2.24) is 19.4 Å². The summed E-state index contributed by atoms with van der Waals surface area (Å²) in [6.07, 6.45) is 0. The standard InChI is InChI=1S/C18H26N6O4S/c1-13-18(14(2)28-21-13)29(25,26)24-6-4-22(5-7-24)16-12-17(20-15(3)19-16)23-8-10-27-11-9-23/h12H,4-11H2,1-3H3. The van der Waals surface area contributed by atoms with Crippen LogP contribution in [0, 0.1) is 20.8 Å². The number of piperazine rings is 1. The van der Waals surface area contributed by atoms with Crippen molar-refractivity contribution in [1.29, 1.82) is 0 Å². The maximum Gasteiger partial charge on any atom is 0.248 e. The highest BCUT2D eigenvalue weighted by molar-refractivity contribution is 7.89. The largest absolute Gasteiger partial charge is 0.378 e. The summed E-state index contributed by atoms with van der Waals surface area (Å²) in [6.45, 7) is 10.0. The van der Waals surface area contributed by atoms with Gasteiger partial charge in [-0.05, 0) is 20.8 Å². The third kappa shape index (κ3) is 3.94. The summed E-state index contributed by atoms with van der Waals surface area (Å²) in [5.74, 6) is 2.75. The fourth-order valence-electron chi connectivity index (χ4n) is 3.78. The van der Waals surface area contributed by atoms with Gasteiger partial charge in [-0.2, -0.15) is 4.31 Å². The van der Waals surface area contributed by atoms with Crippen molar-refractivity contribution in [2.24, 2.45) is 0 Å². The van der Waals surface area contributed by atoms with E-state index in [2.05, 4.69) is 24.9 Å². The molecule has 11 heteroatoms. The Labute approximate surface area is 170 Å². The Bertz CT molecular complexity index is 959. The van der Waals surface area contributed by atoms with Crippen LogP contribution in [0.5, 0.6) is 0 Å². The van der Waals surface area contributed by atoms with Gasteiger partial charge in [0.05, 0.1) is 13.2 Å². The van der Waals surface area contributed by atoms with Crippen LogP contribution in [0.4, 0.5) is 11.6 Å². The van der Waals surface area contributed by atoms with Crippen LogP contribution in [0.25, 0.3) is 0 Å². The Morgan fingerprint density at radius 1 is 0.897 bits per heavy atom. The van der Waals surface area contributed by atoms with E-state index in [1.807, 2.05) is 13.0 Å². The Hall–Kier alpha value is -2.24. The fraction of sp³-hybridized carbons (Fsp3) is 0.611.